The summed E-state index contributed by atoms with van der Waals surface area (Å²) in [4.78, 5) is 14.7. The normalized spacial score (nSPS) is 14.2. The van der Waals surface area contributed by atoms with Gasteiger partial charge in [0.2, 0.25) is 0 Å². The summed E-state index contributed by atoms with van der Waals surface area (Å²) in [7, 11) is 0. The van der Waals surface area contributed by atoms with Crippen molar-refractivity contribution < 1.29 is 15.0 Å². The molecule has 88 valence electrons. The zero-order valence-electron chi connectivity index (χ0n) is 8.99. The Hall–Kier alpha value is -1.14. The molecule has 0 aromatic carbocycles. The van der Waals surface area contributed by atoms with E-state index in [1.54, 1.807) is 6.20 Å². The van der Waals surface area contributed by atoms with Crippen molar-refractivity contribution in [2.75, 3.05) is 11.9 Å². The highest BCUT2D eigenvalue weighted by Crippen LogP contribution is 2.23. The van der Waals surface area contributed by atoms with Gasteiger partial charge in [-0.25, -0.2) is 9.78 Å². The van der Waals surface area contributed by atoms with Crippen LogP contribution < -0.4 is 5.32 Å². The standard InChI is InChI=1S/C10H13BrN2O3/c1-6-3-4-12-8(7(6)11)13-5-10(2,16)9(14)15/h3-4,16H,5H2,1-2H3,(H,12,13)(H,14,15). The van der Waals surface area contributed by atoms with Crippen LogP contribution in [0.2, 0.25) is 0 Å². The Balaban J connectivity index is 2.76. The Bertz CT molecular complexity index is 407. The smallest absolute Gasteiger partial charge is 0.337 e. The van der Waals surface area contributed by atoms with E-state index in [9.17, 15) is 9.90 Å². The molecular weight excluding hydrogens is 276 g/mol. The molecular formula is C10H13BrN2O3. The number of halogens is 1. The van der Waals surface area contributed by atoms with Crippen molar-refractivity contribution in [1.82, 2.24) is 4.98 Å². The summed E-state index contributed by atoms with van der Waals surface area (Å²) in [6.45, 7) is 3.01. The third kappa shape index (κ3) is 2.93. The predicted molar refractivity (Wildman–Crippen MR) is 63.4 cm³/mol. The number of hydrogen-bond donors (Lipinski definition) is 3. The van der Waals surface area contributed by atoms with Crippen molar-refractivity contribution in [3.63, 3.8) is 0 Å². The first-order valence-electron chi connectivity index (χ1n) is 4.65. The molecule has 16 heavy (non-hydrogen) atoms. The van der Waals surface area contributed by atoms with E-state index in [1.807, 2.05) is 13.0 Å². The van der Waals surface area contributed by atoms with Gasteiger partial charge in [0.15, 0.2) is 5.60 Å². The minimum atomic E-state index is -1.81. The number of anilines is 1. The summed E-state index contributed by atoms with van der Waals surface area (Å²) in [5.74, 6) is -0.759. The maximum atomic E-state index is 10.7. The second-order valence-corrected chi connectivity index (χ2v) is 4.52. The van der Waals surface area contributed by atoms with Gasteiger partial charge in [-0.3, -0.25) is 0 Å². The Morgan fingerprint density at radius 1 is 1.69 bits per heavy atom. The van der Waals surface area contributed by atoms with Crippen LogP contribution >= 0.6 is 15.9 Å². The number of aromatic nitrogens is 1. The van der Waals surface area contributed by atoms with Gasteiger partial charge in [-0.2, -0.15) is 0 Å². The number of carboxylic acids is 1. The summed E-state index contributed by atoms with van der Waals surface area (Å²) in [6, 6.07) is 1.82. The van der Waals surface area contributed by atoms with Crippen LogP contribution in [-0.4, -0.2) is 33.3 Å². The number of aliphatic carboxylic acids is 1. The van der Waals surface area contributed by atoms with E-state index in [-0.39, 0.29) is 6.54 Å². The first kappa shape index (κ1) is 12.9. The molecule has 1 aromatic rings. The first-order valence-corrected chi connectivity index (χ1v) is 5.44. The minimum absolute atomic E-state index is 0.114. The van der Waals surface area contributed by atoms with Crippen LogP contribution in [0.4, 0.5) is 5.82 Å². The van der Waals surface area contributed by atoms with Gasteiger partial charge in [0.05, 0.1) is 11.0 Å². The summed E-state index contributed by atoms with van der Waals surface area (Å²) in [5.41, 5.74) is -0.835. The highest BCUT2D eigenvalue weighted by molar-refractivity contribution is 9.10. The summed E-state index contributed by atoms with van der Waals surface area (Å²) in [5, 5.41) is 21.0. The number of hydrogen-bond acceptors (Lipinski definition) is 4. The zero-order chi connectivity index (χ0) is 12.3. The van der Waals surface area contributed by atoms with Gasteiger partial charge in [-0.15, -0.1) is 0 Å². The number of carboxylic acid groups (broad SMARTS) is 1. The van der Waals surface area contributed by atoms with E-state index in [0.29, 0.717) is 5.82 Å². The van der Waals surface area contributed by atoms with Crippen LogP contribution in [0, 0.1) is 6.92 Å². The molecule has 0 bridgehead atoms. The lowest BCUT2D eigenvalue weighted by Crippen LogP contribution is -2.42. The van der Waals surface area contributed by atoms with E-state index in [4.69, 9.17) is 5.11 Å². The fourth-order valence-corrected chi connectivity index (χ4v) is 1.37. The molecule has 0 spiro atoms. The van der Waals surface area contributed by atoms with Crippen LogP contribution in [0.5, 0.6) is 0 Å². The monoisotopic (exact) mass is 288 g/mol. The lowest BCUT2D eigenvalue weighted by Gasteiger charge is -2.19. The van der Waals surface area contributed by atoms with Crippen molar-refractivity contribution in [2.45, 2.75) is 19.4 Å². The van der Waals surface area contributed by atoms with Gasteiger partial charge in [-0.1, -0.05) is 0 Å². The summed E-state index contributed by atoms with van der Waals surface area (Å²) >= 11 is 3.33. The summed E-state index contributed by atoms with van der Waals surface area (Å²) < 4.78 is 0.760. The van der Waals surface area contributed by atoms with E-state index in [2.05, 4.69) is 26.2 Å². The number of nitrogens with one attached hydrogen (secondary N) is 1. The summed E-state index contributed by atoms with van der Waals surface area (Å²) in [6.07, 6.45) is 1.61. The van der Waals surface area contributed by atoms with Crippen LogP contribution in [0.15, 0.2) is 16.7 Å². The number of carbonyl (C=O) groups is 1. The SMILES string of the molecule is Cc1ccnc(NCC(C)(O)C(=O)O)c1Br. The van der Waals surface area contributed by atoms with Crippen molar-refractivity contribution in [2.24, 2.45) is 0 Å². The number of nitrogens with zero attached hydrogens (tertiary/aromatic N) is 1. The molecule has 1 atom stereocenters. The molecule has 1 heterocycles. The molecule has 1 aromatic heterocycles. The second-order valence-electron chi connectivity index (χ2n) is 3.72. The van der Waals surface area contributed by atoms with Gasteiger partial charge >= 0.3 is 5.97 Å². The molecule has 0 fully saturated rings. The Morgan fingerprint density at radius 2 is 2.31 bits per heavy atom. The van der Waals surface area contributed by atoms with Crippen LogP contribution in [0.3, 0.4) is 0 Å². The average Bonchev–Trinajstić information content (AvgIpc) is 2.20. The van der Waals surface area contributed by atoms with Crippen molar-refractivity contribution in [3.8, 4) is 0 Å². The minimum Gasteiger partial charge on any atom is -0.479 e. The molecule has 0 saturated heterocycles. The van der Waals surface area contributed by atoms with Crippen molar-refractivity contribution in [1.29, 1.82) is 0 Å². The molecule has 5 nitrogen and oxygen atoms in total. The van der Waals surface area contributed by atoms with Crippen molar-refractivity contribution >= 4 is 27.7 Å². The third-order valence-electron chi connectivity index (χ3n) is 2.14. The molecule has 3 N–H and O–H groups in total. The van der Waals surface area contributed by atoms with E-state index in [0.717, 1.165) is 10.0 Å². The Morgan fingerprint density at radius 3 is 2.88 bits per heavy atom. The molecule has 1 unspecified atom stereocenters. The highest BCUT2D eigenvalue weighted by atomic mass is 79.9. The zero-order valence-corrected chi connectivity index (χ0v) is 10.6. The molecule has 0 aliphatic rings. The molecule has 0 aliphatic heterocycles. The fraction of sp³-hybridized carbons (Fsp3) is 0.400. The number of aliphatic hydroxyl groups is 1. The average molecular weight is 289 g/mol. The lowest BCUT2D eigenvalue weighted by atomic mass is 10.1. The number of aryl methyl sites for hydroxylation is 1. The molecule has 0 aliphatic carbocycles. The van der Waals surface area contributed by atoms with Crippen LogP contribution in [0.1, 0.15) is 12.5 Å². The van der Waals surface area contributed by atoms with Gasteiger partial charge in [0, 0.05) is 6.20 Å². The van der Waals surface area contributed by atoms with E-state index >= 15 is 0 Å². The van der Waals surface area contributed by atoms with Crippen molar-refractivity contribution in [3.05, 3.63) is 22.3 Å². The topological polar surface area (TPSA) is 82.5 Å². The van der Waals surface area contributed by atoms with Gasteiger partial charge < -0.3 is 15.5 Å². The van der Waals surface area contributed by atoms with E-state index < -0.39 is 11.6 Å². The lowest BCUT2D eigenvalue weighted by molar-refractivity contribution is -0.155. The Kier molecular flexibility index (Phi) is 3.88. The van der Waals surface area contributed by atoms with Crippen LogP contribution in [0.25, 0.3) is 0 Å². The molecule has 0 radical (unpaired) electrons. The first-order chi connectivity index (χ1) is 7.34. The van der Waals surface area contributed by atoms with E-state index in [1.165, 1.54) is 6.92 Å². The van der Waals surface area contributed by atoms with Gasteiger partial charge in [0.25, 0.3) is 0 Å². The fourth-order valence-electron chi connectivity index (χ4n) is 0.995. The predicted octanol–water partition coefficient (Wildman–Crippen LogP) is 1.40. The maximum Gasteiger partial charge on any atom is 0.337 e. The number of pyridine rings is 1. The van der Waals surface area contributed by atoms with Crippen LogP contribution in [-0.2, 0) is 4.79 Å². The van der Waals surface area contributed by atoms with Gasteiger partial charge in [0.1, 0.15) is 5.82 Å². The maximum absolute atomic E-state index is 10.7. The second kappa shape index (κ2) is 4.80. The molecule has 1 rings (SSSR count). The number of rotatable bonds is 4. The third-order valence-corrected chi connectivity index (χ3v) is 3.14. The highest BCUT2D eigenvalue weighted by Gasteiger charge is 2.29. The van der Waals surface area contributed by atoms with Gasteiger partial charge in [-0.05, 0) is 41.4 Å². The molecule has 0 saturated carbocycles. The Labute approximate surface area is 102 Å². The molecule has 0 amide bonds. The quantitative estimate of drug-likeness (QED) is 0.780. The molecule has 6 heteroatoms. The largest absolute Gasteiger partial charge is 0.479 e.